The van der Waals surface area contributed by atoms with Gasteiger partial charge in [-0.15, -0.1) is 0 Å². The van der Waals surface area contributed by atoms with E-state index in [-0.39, 0.29) is 12.1 Å². The van der Waals surface area contributed by atoms with E-state index < -0.39 is 0 Å². The fraction of sp³-hybridized carbons (Fsp3) is 0.222. The lowest BCUT2D eigenvalue weighted by Crippen LogP contribution is -2.19. The number of hydrogen-bond donors (Lipinski definition) is 2. The zero-order valence-electron chi connectivity index (χ0n) is 13.4. The van der Waals surface area contributed by atoms with Gasteiger partial charge in [-0.25, -0.2) is 4.79 Å². The Balaban J connectivity index is 1.93. The number of esters is 1. The first-order chi connectivity index (χ1) is 10.9. The summed E-state index contributed by atoms with van der Waals surface area (Å²) in [6.07, 6.45) is -0.133. The highest BCUT2D eigenvalue weighted by atomic mass is 32.1. The molecule has 120 valence electrons. The van der Waals surface area contributed by atoms with E-state index >= 15 is 0 Å². The Morgan fingerprint density at radius 2 is 1.43 bits per heavy atom. The summed E-state index contributed by atoms with van der Waals surface area (Å²) in [4.78, 5) is 11.8. The van der Waals surface area contributed by atoms with E-state index in [2.05, 4.69) is 10.6 Å². The van der Waals surface area contributed by atoms with E-state index in [1.165, 1.54) is 5.56 Å². The fourth-order valence-corrected chi connectivity index (χ4v) is 2.14. The Hall–Kier alpha value is -2.40. The molecule has 0 atom stereocenters. The van der Waals surface area contributed by atoms with Crippen LogP contribution in [0.4, 0.5) is 11.4 Å². The van der Waals surface area contributed by atoms with Crippen molar-refractivity contribution in [1.82, 2.24) is 0 Å². The van der Waals surface area contributed by atoms with Crippen LogP contribution in [0.25, 0.3) is 0 Å². The molecular weight excluding hydrogens is 308 g/mol. The Labute approximate surface area is 141 Å². The minimum Gasteiger partial charge on any atom is -0.459 e. The molecule has 2 aromatic rings. The van der Waals surface area contributed by atoms with Gasteiger partial charge in [0.1, 0.15) is 0 Å². The quantitative estimate of drug-likeness (QED) is 0.645. The molecule has 0 saturated carbocycles. The lowest BCUT2D eigenvalue weighted by Gasteiger charge is -2.12. The van der Waals surface area contributed by atoms with Gasteiger partial charge in [-0.1, -0.05) is 17.7 Å². The van der Waals surface area contributed by atoms with E-state index in [0.29, 0.717) is 10.7 Å². The van der Waals surface area contributed by atoms with Gasteiger partial charge in [0, 0.05) is 11.4 Å². The second-order valence-electron chi connectivity index (χ2n) is 5.48. The number of benzene rings is 2. The number of nitrogens with one attached hydrogen (secondary N) is 2. The SMILES string of the molecule is Cc1ccc(NC(=S)Nc2ccc(C(=O)OC(C)C)cc2)cc1. The monoisotopic (exact) mass is 328 g/mol. The van der Waals surface area contributed by atoms with Gasteiger partial charge in [0.15, 0.2) is 5.11 Å². The number of carbonyl (C=O) groups excluding carboxylic acids is 1. The molecule has 0 spiro atoms. The molecule has 0 aliphatic heterocycles. The Bertz CT molecular complexity index is 679. The summed E-state index contributed by atoms with van der Waals surface area (Å²) < 4.78 is 5.15. The first kappa shape index (κ1) is 17.0. The van der Waals surface area contributed by atoms with E-state index in [4.69, 9.17) is 17.0 Å². The van der Waals surface area contributed by atoms with Crippen molar-refractivity contribution in [2.45, 2.75) is 26.9 Å². The topological polar surface area (TPSA) is 50.4 Å². The molecule has 0 radical (unpaired) electrons. The van der Waals surface area contributed by atoms with Crippen LogP contribution in [0.15, 0.2) is 48.5 Å². The number of anilines is 2. The second-order valence-corrected chi connectivity index (χ2v) is 5.88. The van der Waals surface area contributed by atoms with E-state index in [0.717, 1.165) is 11.4 Å². The molecule has 0 unspecified atom stereocenters. The number of rotatable bonds is 4. The maximum absolute atomic E-state index is 11.8. The molecule has 5 heteroatoms. The molecule has 0 saturated heterocycles. The number of aryl methyl sites for hydroxylation is 1. The van der Waals surface area contributed by atoms with Crippen LogP contribution < -0.4 is 10.6 Å². The van der Waals surface area contributed by atoms with Crippen LogP contribution in [0.5, 0.6) is 0 Å². The highest BCUT2D eigenvalue weighted by molar-refractivity contribution is 7.80. The Morgan fingerprint density at radius 1 is 0.957 bits per heavy atom. The standard InChI is InChI=1S/C18H20N2O2S/c1-12(2)22-17(21)14-6-10-16(11-7-14)20-18(23)19-15-8-4-13(3)5-9-15/h4-12H,1-3H3,(H2,19,20,23). The molecule has 0 aliphatic carbocycles. The number of hydrogen-bond acceptors (Lipinski definition) is 3. The van der Waals surface area contributed by atoms with Crippen molar-refractivity contribution >= 4 is 34.7 Å². The summed E-state index contributed by atoms with van der Waals surface area (Å²) in [6.45, 7) is 5.68. The largest absolute Gasteiger partial charge is 0.459 e. The molecule has 2 aromatic carbocycles. The van der Waals surface area contributed by atoms with Gasteiger partial charge < -0.3 is 15.4 Å². The average molecular weight is 328 g/mol. The number of ether oxygens (including phenoxy) is 1. The average Bonchev–Trinajstić information content (AvgIpc) is 2.49. The third-order valence-electron chi connectivity index (χ3n) is 3.03. The third-order valence-corrected chi connectivity index (χ3v) is 3.23. The summed E-state index contributed by atoms with van der Waals surface area (Å²) in [6, 6.07) is 15.0. The van der Waals surface area contributed by atoms with Gasteiger partial charge in [-0.05, 0) is 69.4 Å². The van der Waals surface area contributed by atoms with Gasteiger partial charge in [0.2, 0.25) is 0 Å². The molecule has 0 fully saturated rings. The lowest BCUT2D eigenvalue weighted by molar-refractivity contribution is 0.0378. The van der Waals surface area contributed by atoms with E-state index in [9.17, 15) is 4.79 Å². The van der Waals surface area contributed by atoms with Crippen molar-refractivity contribution < 1.29 is 9.53 Å². The molecule has 0 heterocycles. The first-order valence-corrected chi connectivity index (χ1v) is 7.80. The molecule has 2 rings (SSSR count). The molecular formula is C18H20N2O2S. The van der Waals surface area contributed by atoms with Crippen LogP contribution in [-0.4, -0.2) is 17.2 Å². The molecule has 23 heavy (non-hydrogen) atoms. The van der Waals surface area contributed by atoms with Crippen molar-refractivity contribution in [3.8, 4) is 0 Å². The Kier molecular flexibility index (Phi) is 5.71. The summed E-state index contributed by atoms with van der Waals surface area (Å²) in [5.41, 5.74) is 3.43. The van der Waals surface area contributed by atoms with Crippen molar-refractivity contribution in [2.24, 2.45) is 0 Å². The molecule has 2 N–H and O–H groups in total. The number of thiocarbonyl (C=S) groups is 1. The fourth-order valence-electron chi connectivity index (χ4n) is 1.90. The molecule has 4 nitrogen and oxygen atoms in total. The number of carbonyl (C=O) groups is 1. The smallest absolute Gasteiger partial charge is 0.338 e. The van der Waals surface area contributed by atoms with Crippen molar-refractivity contribution in [2.75, 3.05) is 10.6 Å². The van der Waals surface area contributed by atoms with Crippen LogP contribution in [0.2, 0.25) is 0 Å². The van der Waals surface area contributed by atoms with Crippen LogP contribution in [0.3, 0.4) is 0 Å². The highest BCUT2D eigenvalue weighted by Crippen LogP contribution is 2.13. The predicted octanol–water partition coefficient (Wildman–Crippen LogP) is 4.37. The maximum Gasteiger partial charge on any atom is 0.338 e. The zero-order valence-corrected chi connectivity index (χ0v) is 14.2. The lowest BCUT2D eigenvalue weighted by atomic mass is 10.2. The summed E-state index contributed by atoms with van der Waals surface area (Å²) in [7, 11) is 0. The normalized spacial score (nSPS) is 10.3. The second kappa shape index (κ2) is 7.74. The summed E-state index contributed by atoms with van der Waals surface area (Å²) in [5.74, 6) is -0.327. The zero-order chi connectivity index (χ0) is 16.8. The van der Waals surface area contributed by atoms with Gasteiger partial charge in [-0.3, -0.25) is 0 Å². The maximum atomic E-state index is 11.8. The van der Waals surface area contributed by atoms with Gasteiger partial charge in [0.05, 0.1) is 11.7 Å². The molecule has 0 amide bonds. The minimum atomic E-state index is -0.327. The summed E-state index contributed by atoms with van der Waals surface area (Å²) in [5, 5.41) is 6.68. The summed E-state index contributed by atoms with van der Waals surface area (Å²) >= 11 is 5.28. The van der Waals surface area contributed by atoms with Gasteiger partial charge >= 0.3 is 5.97 Å². The third kappa shape index (κ3) is 5.38. The van der Waals surface area contributed by atoms with Crippen molar-refractivity contribution in [1.29, 1.82) is 0 Å². The van der Waals surface area contributed by atoms with Crippen molar-refractivity contribution in [3.63, 3.8) is 0 Å². The molecule has 0 aliphatic rings. The highest BCUT2D eigenvalue weighted by Gasteiger charge is 2.09. The van der Waals surface area contributed by atoms with Gasteiger partial charge in [-0.2, -0.15) is 0 Å². The van der Waals surface area contributed by atoms with Crippen LogP contribution in [0, 0.1) is 6.92 Å². The van der Waals surface area contributed by atoms with Gasteiger partial charge in [0.25, 0.3) is 0 Å². The molecule has 0 bridgehead atoms. The van der Waals surface area contributed by atoms with Crippen molar-refractivity contribution in [3.05, 3.63) is 59.7 Å². The van der Waals surface area contributed by atoms with E-state index in [1.807, 2.05) is 45.0 Å². The van der Waals surface area contributed by atoms with Crippen LogP contribution in [-0.2, 0) is 4.74 Å². The first-order valence-electron chi connectivity index (χ1n) is 7.40. The van der Waals surface area contributed by atoms with E-state index in [1.54, 1.807) is 24.3 Å². The Morgan fingerprint density at radius 3 is 1.91 bits per heavy atom. The molecule has 0 aromatic heterocycles. The minimum absolute atomic E-state index is 0.133. The predicted molar refractivity (Wildman–Crippen MR) is 98.0 cm³/mol. The van der Waals surface area contributed by atoms with Crippen LogP contribution >= 0.6 is 12.2 Å². The van der Waals surface area contributed by atoms with Crippen LogP contribution in [0.1, 0.15) is 29.8 Å².